The van der Waals surface area contributed by atoms with E-state index in [-0.39, 0.29) is 30.8 Å². The van der Waals surface area contributed by atoms with E-state index >= 15 is 0 Å². The van der Waals surface area contributed by atoms with Gasteiger partial charge in [0.25, 0.3) is 0 Å². The molecule has 33 heavy (non-hydrogen) atoms. The third kappa shape index (κ3) is 6.45. The van der Waals surface area contributed by atoms with Crippen LogP contribution in [0.25, 0.3) is 0 Å². The summed E-state index contributed by atoms with van der Waals surface area (Å²) < 4.78 is 19.8. The van der Waals surface area contributed by atoms with Gasteiger partial charge in [0, 0.05) is 20.5 Å². The fraction of sp³-hybridized carbons (Fsp3) is 0.304. The molecule has 0 unspecified atom stereocenters. The first-order valence-electron chi connectivity index (χ1n) is 9.97. The van der Waals surface area contributed by atoms with Crippen LogP contribution in [-0.2, 0) is 18.9 Å². The van der Waals surface area contributed by atoms with E-state index in [1.165, 1.54) is 50.2 Å². The molecule has 0 radical (unpaired) electrons. The lowest BCUT2D eigenvalue weighted by molar-refractivity contribution is 0.0397. The van der Waals surface area contributed by atoms with Gasteiger partial charge in [-0.3, -0.25) is 9.80 Å². The van der Waals surface area contributed by atoms with Crippen LogP contribution in [0, 0.1) is 0 Å². The maximum atomic E-state index is 12.5. The first-order valence-corrected chi connectivity index (χ1v) is 9.97. The van der Waals surface area contributed by atoms with Gasteiger partial charge in [-0.25, -0.2) is 19.2 Å². The van der Waals surface area contributed by atoms with Crippen LogP contribution in [0.2, 0.25) is 0 Å². The number of amides is 2. The zero-order valence-corrected chi connectivity index (χ0v) is 18.9. The molecule has 10 nitrogen and oxygen atoms in total. The van der Waals surface area contributed by atoms with Crippen molar-refractivity contribution in [1.82, 2.24) is 0 Å². The van der Waals surface area contributed by atoms with Crippen LogP contribution in [0.1, 0.15) is 27.1 Å². The molecule has 10 heteroatoms. The van der Waals surface area contributed by atoms with Crippen molar-refractivity contribution in [2.45, 2.75) is 6.42 Å². The Morgan fingerprint density at radius 2 is 1.03 bits per heavy atom. The van der Waals surface area contributed by atoms with Crippen LogP contribution in [0.15, 0.2) is 48.5 Å². The van der Waals surface area contributed by atoms with E-state index in [1.54, 1.807) is 36.4 Å². The van der Waals surface area contributed by atoms with E-state index in [0.29, 0.717) is 11.4 Å². The third-order valence-electron chi connectivity index (χ3n) is 4.62. The Hall–Kier alpha value is -4.08. The van der Waals surface area contributed by atoms with E-state index < -0.39 is 24.1 Å². The lowest BCUT2D eigenvalue weighted by Gasteiger charge is -2.19. The van der Waals surface area contributed by atoms with Gasteiger partial charge < -0.3 is 18.9 Å². The molecular formula is C23H26N2O8. The predicted molar refractivity (Wildman–Crippen MR) is 120 cm³/mol. The topological polar surface area (TPSA) is 112 Å². The summed E-state index contributed by atoms with van der Waals surface area (Å²) in [6.45, 7) is -0.0157. The van der Waals surface area contributed by atoms with Crippen LogP contribution in [0.5, 0.6) is 0 Å². The Morgan fingerprint density at radius 3 is 1.39 bits per heavy atom. The summed E-state index contributed by atoms with van der Waals surface area (Å²) in [6.07, 6.45) is -0.998. The molecule has 0 heterocycles. The molecule has 0 spiro atoms. The second-order valence-electron chi connectivity index (χ2n) is 6.72. The van der Waals surface area contributed by atoms with Gasteiger partial charge in [-0.2, -0.15) is 0 Å². The van der Waals surface area contributed by atoms with Crippen molar-refractivity contribution in [1.29, 1.82) is 0 Å². The van der Waals surface area contributed by atoms with Crippen molar-refractivity contribution in [3.05, 3.63) is 59.7 Å². The fourth-order valence-electron chi connectivity index (χ4n) is 2.89. The molecule has 0 saturated heterocycles. The molecule has 0 aliphatic heterocycles. The molecule has 2 aromatic carbocycles. The number of hydrogen-bond acceptors (Lipinski definition) is 8. The normalized spacial score (nSPS) is 10.1. The number of nitrogens with zero attached hydrogens (tertiary/aromatic N) is 2. The number of methoxy groups -OCH3 is 2. The first kappa shape index (κ1) is 25.2. The van der Waals surface area contributed by atoms with Crippen LogP contribution < -0.4 is 9.80 Å². The number of anilines is 2. The van der Waals surface area contributed by atoms with Gasteiger partial charge in [0.2, 0.25) is 0 Å². The number of carbonyl (C=O) groups is 4. The molecule has 2 amide bonds. The lowest BCUT2D eigenvalue weighted by atomic mass is 10.1. The fourth-order valence-corrected chi connectivity index (χ4v) is 2.89. The number of ether oxygens (including phenoxy) is 4. The van der Waals surface area contributed by atoms with Crippen LogP contribution in [0.3, 0.4) is 0 Å². The van der Waals surface area contributed by atoms with E-state index in [2.05, 4.69) is 9.47 Å². The van der Waals surface area contributed by atoms with Crippen LogP contribution in [-0.4, -0.2) is 65.7 Å². The molecule has 0 aliphatic rings. The highest BCUT2D eigenvalue weighted by atomic mass is 16.6. The summed E-state index contributed by atoms with van der Waals surface area (Å²) in [6, 6.07) is 12.9. The molecule has 0 aromatic heterocycles. The van der Waals surface area contributed by atoms with Crippen molar-refractivity contribution in [3.8, 4) is 0 Å². The van der Waals surface area contributed by atoms with Crippen LogP contribution >= 0.6 is 0 Å². The maximum Gasteiger partial charge on any atom is 0.413 e. The summed E-state index contributed by atoms with van der Waals surface area (Å²) in [5, 5.41) is 0. The Morgan fingerprint density at radius 1 is 0.667 bits per heavy atom. The SMILES string of the molecule is COC(=O)N(C)c1ccccc1C(=O)OCCCOC(=O)c1ccccc1N(C)C(=O)OC. The Balaban J connectivity index is 1.90. The molecule has 0 saturated carbocycles. The van der Waals surface area contributed by atoms with Crippen molar-refractivity contribution in [2.24, 2.45) is 0 Å². The van der Waals surface area contributed by atoms with Crippen LogP contribution in [0.4, 0.5) is 21.0 Å². The van der Waals surface area contributed by atoms with Crippen molar-refractivity contribution in [2.75, 3.05) is 51.3 Å². The Bertz CT molecular complexity index is 928. The summed E-state index contributed by atoms with van der Waals surface area (Å²) in [4.78, 5) is 50.8. The summed E-state index contributed by atoms with van der Waals surface area (Å²) in [5.74, 6) is -1.25. The number of hydrogen-bond donors (Lipinski definition) is 0. The predicted octanol–water partition coefficient (Wildman–Crippen LogP) is 3.50. The number of benzene rings is 2. The number of para-hydroxylation sites is 2. The molecule has 0 N–H and O–H groups in total. The Kier molecular flexibility index (Phi) is 9.22. The lowest BCUT2D eigenvalue weighted by Crippen LogP contribution is -2.28. The molecular weight excluding hydrogens is 432 g/mol. The minimum atomic E-state index is -0.627. The van der Waals surface area contributed by atoms with Gasteiger partial charge in [-0.05, 0) is 24.3 Å². The molecule has 0 atom stereocenters. The average Bonchev–Trinajstić information content (AvgIpc) is 2.86. The van der Waals surface area contributed by atoms with Gasteiger partial charge in [0.15, 0.2) is 0 Å². The summed E-state index contributed by atoms with van der Waals surface area (Å²) in [5.41, 5.74) is 1.07. The number of esters is 2. The average molecular weight is 458 g/mol. The van der Waals surface area contributed by atoms with Gasteiger partial charge in [0.1, 0.15) is 0 Å². The van der Waals surface area contributed by atoms with E-state index in [9.17, 15) is 19.2 Å². The molecule has 176 valence electrons. The van der Waals surface area contributed by atoms with E-state index in [0.717, 1.165) is 0 Å². The third-order valence-corrected chi connectivity index (χ3v) is 4.62. The standard InChI is InChI=1S/C23H26N2O8/c1-24(22(28)30-3)18-12-7-5-10-16(18)20(26)32-14-9-15-33-21(27)17-11-6-8-13-19(17)25(2)23(29)31-4/h5-8,10-13H,9,14-15H2,1-4H3. The molecule has 2 rings (SSSR count). The first-order chi connectivity index (χ1) is 15.8. The molecule has 0 bridgehead atoms. The van der Waals surface area contributed by atoms with Gasteiger partial charge in [-0.15, -0.1) is 0 Å². The Labute approximate surface area is 191 Å². The largest absolute Gasteiger partial charge is 0.462 e. The quantitative estimate of drug-likeness (QED) is 0.336. The highest BCUT2D eigenvalue weighted by Crippen LogP contribution is 2.22. The molecule has 0 fully saturated rings. The monoisotopic (exact) mass is 458 g/mol. The van der Waals surface area contributed by atoms with E-state index in [4.69, 9.17) is 9.47 Å². The van der Waals surface area contributed by atoms with Gasteiger partial charge in [-0.1, -0.05) is 24.3 Å². The minimum absolute atomic E-state index is 0.00784. The highest BCUT2D eigenvalue weighted by molar-refractivity contribution is 6.01. The van der Waals surface area contributed by atoms with E-state index in [1.807, 2.05) is 0 Å². The van der Waals surface area contributed by atoms with Gasteiger partial charge in [0.05, 0.1) is 49.9 Å². The molecule has 2 aromatic rings. The van der Waals surface area contributed by atoms with Crippen molar-refractivity contribution in [3.63, 3.8) is 0 Å². The number of carbonyl (C=O) groups excluding carboxylic acids is 4. The second-order valence-corrected chi connectivity index (χ2v) is 6.72. The second kappa shape index (κ2) is 12.1. The van der Waals surface area contributed by atoms with Gasteiger partial charge >= 0.3 is 24.1 Å². The van der Waals surface area contributed by atoms with Crippen molar-refractivity contribution < 1.29 is 38.1 Å². The maximum absolute atomic E-state index is 12.5. The summed E-state index contributed by atoms with van der Waals surface area (Å²) >= 11 is 0. The molecule has 0 aliphatic carbocycles. The number of rotatable bonds is 8. The highest BCUT2D eigenvalue weighted by Gasteiger charge is 2.21. The summed E-state index contributed by atoms with van der Waals surface area (Å²) in [7, 11) is 5.44. The van der Waals surface area contributed by atoms with Crippen molar-refractivity contribution >= 4 is 35.5 Å². The zero-order valence-electron chi connectivity index (χ0n) is 18.9. The smallest absolute Gasteiger partial charge is 0.413 e. The zero-order chi connectivity index (χ0) is 24.4. The minimum Gasteiger partial charge on any atom is -0.462 e.